The van der Waals surface area contributed by atoms with Crippen molar-refractivity contribution in [2.45, 2.75) is 75.3 Å². The highest BCUT2D eigenvalue weighted by Crippen LogP contribution is 2.54. The summed E-state index contributed by atoms with van der Waals surface area (Å²) in [5.74, 6) is -5.69. The number of aliphatic hydroxyl groups is 2. The van der Waals surface area contributed by atoms with Crippen LogP contribution in [-0.4, -0.2) is 99.3 Å². The molecule has 2 aliphatic carbocycles. The van der Waals surface area contributed by atoms with Crippen molar-refractivity contribution in [1.29, 1.82) is 0 Å². The highest BCUT2D eigenvalue weighted by molar-refractivity contribution is 6.31. The predicted molar refractivity (Wildman–Crippen MR) is 146 cm³/mol. The lowest BCUT2D eigenvalue weighted by Crippen LogP contribution is -2.54. The van der Waals surface area contributed by atoms with Gasteiger partial charge in [0.05, 0.1) is 47.7 Å². The number of hydrogen-bond donors (Lipinski definition) is 5. The van der Waals surface area contributed by atoms with Gasteiger partial charge in [-0.25, -0.2) is 0 Å². The molecule has 42 heavy (non-hydrogen) atoms. The van der Waals surface area contributed by atoms with Gasteiger partial charge in [-0.3, -0.25) is 14.4 Å². The Morgan fingerprint density at radius 2 is 1.71 bits per heavy atom. The number of carbonyl (C=O) groups is 3. The van der Waals surface area contributed by atoms with Crippen LogP contribution in [0.5, 0.6) is 17.2 Å². The smallest absolute Gasteiger partial charge is 0.316 e. The maximum atomic E-state index is 13.7. The molecule has 12 heteroatoms. The second kappa shape index (κ2) is 10.6. The van der Waals surface area contributed by atoms with Crippen LogP contribution in [0.25, 0.3) is 0 Å². The van der Waals surface area contributed by atoms with Crippen molar-refractivity contribution in [1.82, 2.24) is 4.90 Å². The molecule has 0 radical (unpaired) electrons. The van der Waals surface area contributed by atoms with E-state index in [1.165, 1.54) is 6.07 Å². The molecule has 5 rings (SSSR count). The van der Waals surface area contributed by atoms with Crippen LogP contribution in [-0.2, 0) is 19.0 Å². The molecular weight excluding hydrogens is 550 g/mol. The van der Waals surface area contributed by atoms with Crippen molar-refractivity contribution in [3.05, 3.63) is 51.6 Å². The Morgan fingerprint density at radius 1 is 1.10 bits per heavy atom. The molecule has 12 nitrogen and oxygen atoms in total. The van der Waals surface area contributed by atoms with E-state index in [-0.39, 0.29) is 42.0 Å². The van der Waals surface area contributed by atoms with Gasteiger partial charge in [-0.15, -0.1) is 0 Å². The summed E-state index contributed by atoms with van der Waals surface area (Å²) in [6.07, 6.45) is -3.34. The highest BCUT2D eigenvalue weighted by Gasteiger charge is 2.53. The third-order valence-electron chi connectivity index (χ3n) is 8.87. The van der Waals surface area contributed by atoms with Crippen molar-refractivity contribution < 1.29 is 54.1 Å². The first kappa shape index (κ1) is 29.9. The number of nitrogens with zero attached hydrogens (tertiary/aromatic N) is 1. The number of ether oxygens (including phenoxy) is 3. The first-order valence-electron chi connectivity index (χ1n) is 13.7. The maximum absolute atomic E-state index is 13.7. The number of phenolic OH excluding ortho intramolecular Hbond substituents is 3. The standard InChI is InChI=1S/C30H35NO11/c1-6-30(39)11-18(42-19-10-15(31(3)4)25(34)12(2)41-19)20-13(24(30)29(38)40-5)9-14-21(27(20)36)28(37)23-17(33)8-7-16(32)22(23)26(14)35/h7-9,12,15,18-19,24-25,32-34,36,39H,6,10-11H2,1-5H3/t12-,15-,18+,19+,24+,25+,30+/m0/s1. The zero-order chi connectivity index (χ0) is 30.8. The van der Waals surface area contributed by atoms with E-state index in [4.69, 9.17) is 14.2 Å². The monoisotopic (exact) mass is 585 g/mol. The lowest BCUT2D eigenvalue weighted by atomic mass is 9.67. The van der Waals surface area contributed by atoms with Crippen molar-refractivity contribution in [3.63, 3.8) is 0 Å². The second-order valence-corrected chi connectivity index (χ2v) is 11.4. The minimum atomic E-state index is -1.74. The number of hydrogen-bond acceptors (Lipinski definition) is 12. The maximum Gasteiger partial charge on any atom is 0.316 e. The Morgan fingerprint density at radius 3 is 2.29 bits per heavy atom. The van der Waals surface area contributed by atoms with Crippen molar-refractivity contribution in [2.24, 2.45) is 0 Å². The summed E-state index contributed by atoms with van der Waals surface area (Å²) in [5.41, 5.74) is -3.36. The minimum absolute atomic E-state index is 0.00436. The molecule has 3 aliphatic rings. The molecule has 0 amide bonds. The molecule has 0 bridgehead atoms. The fraction of sp³-hybridized carbons (Fsp3) is 0.500. The van der Waals surface area contributed by atoms with Crippen LogP contribution < -0.4 is 0 Å². The molecule has 0 saturated carbocycles. The molecule has 0 aromatic heterocycles. The second-order valence-electron chi connectivity index (χ2n) is 11.4. The van der Waals surface area contributed by atoms with E-state index in [0.717, 1.165) is 19.2 Å². The number of carbonyl (C=O) groups excluding carboxylic acids is 3. The summed E-state index contributed by atoms with van der Waals surface area (Å²) in [5, 5.41) is 54.9. The Hall–Kier alpha value is -3.55. The van der Waals surface area contributed by atoms with Gasteiger partial charge in [-0.05, 0) is 51.2 Å². The van der Waals surface area contributed by atoms with E-state index < -0.39 is 87.6 Å². The molecular formula is C30H35NO11. The molecule has 1 heterocycles. The van der Waals surface area contributed by atoms with Crippen LogP contribution >= 0.6 is 0 Å². The van der Waals surface area contributed by atoms with Crippen LogP contribution in [0.4, 0.5) is 0 Å². The van der Waals surface area contributed by atoms with Crippen molar-refractivity contribution in [2.75, 3.05) is 21.2 Å². The summed E-state index contributed by atoms with van der Waals surface area (Å²) in [7, 11) is 4.76. The van der Waals surface area contributed by atoms with Crippen LogP contribution in [0.3, 0.4) is 0 Å². The largest absolute Gasteiger partial charge is 0.507 e. The number of benzene rings is 2. The Kier molecular flexibility index (Phi) is 7.57. The van der Waals surface area contributed by atoms with Gasteiger partial charge >= 0.3 is 5.97 Å². The molecule has 2 aromatic rings. The molecule has 7 atom stereocenters. The van der Waals surface area contributed by atoms with Crippen molar-refractivity contribution in [3.8, 4) is 17.2 Å². The predicted octanol–water partition coefficient (Wildman–Crippen LogP) is 1.86. The number of methoxy groups -OCH3 is 1. The molecule has 1 aliphatic heterocycles. The van der Waals surface area contributed by atoms with E-state index in [1.54, 1.807) is 13.8 Å². The average molecular weight is 586 g/mol. The topological polar surface area (TPSA) is 183 Å². The first-order chi connectivity index (χ1) is 19.7. The molecule has 1 saturated heterocycles. The summed E-state index contributed by atoms with van der Waals surface area (Å²) < 4.78 is 17.3. The SMILES string of the molecule is CC[C@@]1(O)C[C@@H](O[C@@H]2C[C@H](N(C)C)[C@H](O)[C@H](C)O2)c2c(cc3c(c2O)C(=O)c2c(O)ccc(O)c2C3=O)[C@@H]1C(=O)OC. The van der Waals surface area contributed by atoms with Crippen LogP contribution in [0.15, 0.2) is 18.2 Å². The van der Waals surface area contributed by atoms with Gasteiger partial charge in [0.2, 0.25) is 5.78 Å². The van der Waals surface area contributed by atoms with Gasteiger partial charge < -0.3 is 44.6 Å². The zero-order valence-corrected chi connectivity index (χ0v) is 24.0. The normalized spacial score (nSPS) is 30.5. The fourth-order valence-electron chi connectivity index (χ4n) is 6.56. The third kappa shape index (κ3) is 4.45. The average Bonchev–Trinajstić information content (AvgIpc) is 2.93. The van der Waals surface area contributed by atoms with Crippen LogP contribution in [0.2, 0.25) is 0 Å². The van der Waals surface area contributed by atoms with Gasteiger partial charge in [0, 0.05) is 30.0 Å². The molecule has 226 valence electrons. The number of likely N-dealkylation sites (N-methyl/N-ethyl adjacent to an activating group) is 1. The number of esters is 1. The number of fused-ring (bicyclic) bond motifs is 3. The Balaban J connectivity index is 1.70. The number of rotatable bonds is 5. The number of ketones is 2. The van der Waals surface area contributed by atoms with E-state index in [1.807, 2.05) is 19.0 Å². The van der Waals surface area contributed by atoms with E-state index >= 15 is 0 Å². The van der Waals surface area contributed by atoms with Crippen LogP contribution in [0, 0.1) is 0 Å². The summed E-state index contributed by atoms with van der Waals surface area (Å²) >= 11 is 0. The fourth-order valence-corrected chi connectivity index (χ4v) is 6.56. The van der Waals surface area contributed by atoms with E-state index in [9.17, 15) is 39.9 Å². The number of aromatic hydroxyl groups is 3. The zero-order valence-electron chi connectivity index (χ0n) is 24.0. The number of aliphatic hydroxyl groups excluding tert-OH is 1. The Bertz CT molecular complexity index is 1470. The van der Waals surface area contributed by atoms with Gasteiger partial charge in [-0.2, -0.15) is 0 Å². The molecule has 0 unspecified atom stereocenters. The molecule has 1 fully saturated rings. The summed E-state index contributed by atoms with van der Waals surface area (Å²) in [6.45, 7) is 3.36. The van der Waals surface area contributed by atoms with E-state index in [0.29, 0.717) is 0 Å². The summed E-state index contributed by atoms with van der Waals surface area (Å²) in [6, 6.07) is 3.05. The molecule has 5 N–H and O–H groups in total. The summed E-state index contributed by atoms with van der Waals surface area (Å²) in [4.78, 5) is 42.2. The van der Waals surface area contributed by atoms with Gasteiger partial charge in [0.1, 0.15) is 23.2 Å². The highest BCUT2D eigenvalue weighted by atomic mass is 16.7. The number of phenols is 3. The molecule has 0 spiro atoms. The first-order valence-corrected chi connectivity index (χ1v) is 13.7. The van der Waals surface area contributed by atoms with Crippen LogP contribution in [0.1, 0.15) is 88.1 Å². The van der Waals surface area contributed by atoms with Crippen molar-refractivity contribution >= 4 is 17.5 Å². The molecule has 2 aromatic carbocycles. The third-order valence-corrected chi connectivity index (χ3v) is 8.87. The lowest BCUT2D eigenvalue weighted by Gasteiger charge is -2.46. The van der Waals surface area contributed by atoms with E-state index in [2.05, 4.69) is 0 Å². The quantitative estimate of drug-likeness (QED) is 0.217. The Labute approximate surface area is 242 Å². The minimum Gasteiger partial charge on any atom is -0.507 e. The van der Waals surface area contributed by atoms with Gasteiger partial charge in [-0.1, -0.05) is 6.92 Å². The lowest BCUT2D eigenvalue weighted by molar-refractivity contribution is -0.258. The van der Waals surface area contributed by atoms with Gasteiger partial charge in [0.25, 0.3) is 0 Å². The van der Waals surface area contributed by atoms with Gasteiger partial charge in [0.15, 0.2) is 12.1 Å².